The van der Waals surface area contributed by atoms with Gasteiger partial charge in [0.15, 0.2) is 5.76 Å². The molecule has 0 radical (unpaired) electrons. The summed E-state index contributed by atoms with van der Waals surface area (Å²) in [6.45, 7) is 2.77. The van der Waals surface area contributed by atoms with Crippen molar-refractivity contribution in [1.82, 2.24) is 0 Å². The Morgan fingerprint density at radius 3 is 2.87 bits per heavy atom. The molecule has 1 aromatic heterocycles. The number of hydrogen-bond donors (Lipinski definition) is 0. The van der Waals surface area contributed by atoms with Crippen LogP contribution in [0.5, 0.6) is 5.75 Å². The molecule has 5 heteroatoms. The fraction of sp³-hybridized carbons (Fsp3) is 0.333. The minimum absolute atomic E-state index is 0.0279. The number of carbonyl (C=O) groups is 1. The molecule has 0 fully saturated rings. The van der Waals surface area contributed by atoms with E-state index in [1.165, 1.54) is 19.4 Å². The predicted octanol–water partition coefficient (Wildman–Crippen LogP) is 3.19. The lowest BCUT2D eigenvalue weighted by Gasteiger charge is -2.22. The van der Waals surface area contributed by atoms with Gasteiger partial charge in [0, 0.05) is 18.3 Å². The molecule has 0 aliphatic carbocycles. The average Bonchev–Trinajstić information content (AvgIpc) is 2.74. The van der Waals surface area contributed by atoms with Crippen molar-refractivity contribution >= 4 is 11.6 Å². The second kappa shape index (κ2) is 6.28. The van der Waals surface area contributed by atoms with E-state index >= 15 is 0 Å². The number of ether oxygens (including phenoxy) is 1. The van der Waals surface area contributed by atoms with Crippen molar-refractivity contribution in [1.29, 1.82) is 0 Å². The van der Waals surface area contributed by atoms with Crippen LogP contribution in [0.1, 0.15) is 41.8 Å². The fourth-order valence-electron chi connectivity index (χ4n) is 2.99. The zero-order valence-corrected chi connectivity index (χ0v) is 13.2. The highest BCUT2D eigenvalue weighted by Crippen LogP contribution is 2.34. The van der Waals surface area contributed by atoms with Gasteiger partial charge in [0.25, 0.3) is 5.91 Å². The molecule has 3 rings (SSSR count). The molecule has 120 valence electrons. The first-order chi connectivity index (χ1) is 11.1. The molecule has 0 saturated heterocycles. The Morgan fingerprint density at radius 1 is 1.35 bits per heavy atom. The number of anilines is 1. The summed E-state index contributed by atoms with van der Waals surface area (Å²) in [4.78, 5) is 26.4. The number of rotatable bonds is 2. The van der Waals surface area contributed by atoms with E-state index < -0.39 is 0 Å². The van der Waals surface area contributed by atoms with Crippen molar-refractivity contribution in [3.8, 4) is 5.75 Å². The minimum Gasteiger partial charge on any atom is -0.490 e. The highest BCUT2D eigenvalue weighted by molar-refractivity contribution is 6.04. The Kier molecular flexibility index (Phi) is 4.19. The van der Waals surface area contributed by atoms with Crippen molar-refractivity contribution in [3.05, 3.63) is 58.1 Å². The number of amides is 1. The first-order valence-corrected chi connectivity index (χ1v) is 7.69. The maximum absolute atomic E-state index is 12.8. The third-order valence-corrected chi connectivity index (χ3v) is 4.25. The van der Waals surface area contributed by atoms with Gasteiger partial charge in [0.1, 0.15) is 6.26 Å². The number of methoxy groups -OCH3 is 1. The number of benzene rings is 1. The smallest absolute Gasteiger partial charge is 0.294 e. The van der Waals surface area contributed by atoms with Gasteiger partial charge in [0.05, 0.1) is 7.11 Å². The number of hydrogen-bond acceptors (Lipinski definition) is 4. The lowest BCUT2D eigenvalue weighted by Crippen LogP contribution is -2.32. The third kappa shape index (κ3) is 2.86. The van der Waals surface area contributed by atoms with Gasteiger partial charge in [0.2, 0.25) is 11.2 Å². The van der Waals surface area contributed by atoms with Crippen LogP contribution >= 0.6 is 0 Å². The zero-order valence-electron chi connectivity index (χ0n) is 13.2. The van der Waals surface area contributed by atoms with Gasteiger partial charge in [-0.25, -0.2) is 0 Å². The van der Waals surface area contributed by atoms with Crippen LogP contribution in [-0.4, -0.2) is 19.6 Å². The van der Waals surface area contributed by atoms with E-state index in [1.54, 1.807) is 4.90 Å². The summed E-state index contributed by atoms with van der Waals surface area (Å²) in [5, 5.41) is 0. The Bertz CT molecular complexity index is 781. The molecular formula is C18H19NO4. The lowest BCUT2D eigenvalue weighted by molar-refractivity contribution is 0.0957. The van der Waals surface area contributed by atoms with Gasteiger partial charge >= 0.3 is 0 Å². The highest BCUT2D eigenvalue weighted by atomic mass is 16.5. The second-order valence-corrected chi connectivity index (χ2v) is 5.74. The Hall–Kier alpha value is -2.56. The van der Waals surface area contributed by atoms with Crippen molar-refractivity contribution in [2.24, 2.45) is 0 Å². The number of para-hydroxylation sites is 1. The van der Waals surface area contributed by atoms with Crippen LogP contribution < -0.4 is 15.1 Å². The van der Waals surface area contributed by atoms with Crippen LogP contribution in [0.4, 0.5) is 5.69 Å². The van der Waals surface area contributed by atoms with Gasteiger partial charge < -0.3 is 14.1 Å². The second-order valence-electron chi connectivity index (χ2n) is 5.74. The standard InChI is InChI=1S/C18H19NO4/c1-12-6-5-9-19(14-8-4-3-7-13(12)14)18(21)16-10-15(20)17(22-2)11-23-16/h3-4,7-8,10-12H,5-6,9H2,1-2H3/t12-/m0/s1. The number of fused-ring (bicyclic) bond motifs is 1. The summed E-state index contributed by atoms with van der Waals surface area (Å²) in [6, 6.07) is 9.09. The molecule has 1 aliphatic rings. The SMILES string of the molecule is COc1coc(C(=O)N2CCC[C@H](C)c3ccccc32)cc1=O. The molecule has 2 aromatic rings. The van der Waals surface area contributed by atoms with Gasteiger partial charge in [-0.1, -0.05) is 25.1 Å². The van der Waals surface area contributed by atoms with E-state index in [4.69, 9.17) is 9.15 Å². The number of nitrogens with zero attached hydrogens (tertiary/aromatic N) is 1. The minimum atomic E-state index is -0.362. The monoisotopic (exact) mass is 313 g/mol. The summed E-state index contributed by atoms with van der Waals surface area (Å²) in [5.74, 6) is 0.213. The predicted molar refractivity (Wildman–Crippen MR) is 87.3 cm³/mol. The molecule has 0 saturated carbocycles. The van der Waals surface area contributed by atoms with Crippen LogP contribution in [0.15, 0.2) is 45.8 Å². The third-order valence-electron chi connectivity index (χ3n) is 4.25. The summed E-state index contributed by atoms with van der Waals surface area (Å²) in [6.07, 6.45) is 3.11. The molecule has 1 atom stereocenters. The van der Waals surface area contributed by atoms with Gasteiger partial charge in [-0.2, -0.15) is 0 Å². The molecule has 0 unspecified atom stereocenters. The van der Waals surface area contributed by atoms with Crippen LogP contribution in [0.2, 0.25) is 0 Å². The van der Waals surface area contributed by atoms with Gasteiger partial charge in [-0.15, -0.1) is 0 Å². The first-order valence-electron chi connectivity index (χ1n) is 7.69. The van der Waals surface area contributed by atoms with Crippen LogP contribution in [0.25, 0.3) is 0 Å². The Balaban J connectivity index is 2.00. The molecule has 0 N–H and O–H groups in total. The van der Waals surface area contributed by atoms with Crippen LogP contribution in [0.3, 0.4) is 0 Å². The Labute approximate surface area is 134 Å². The van der Waals surface area contributed by atoms with E-state index in [2.05, 4.69) is 13.0 Å². The lowest BCUT2D eigenvalue weighted by atomic mass is 9.96. The van der Waals surface area contributed by atoms with Crippen LogP contribution in [0, 0.1) is 0 Å². The molecular weight excluding hydrogens is 294 g/mol. The molecule has 1 aliphatic heterocycles. The number of carbonyl (C=O) groups excluding carboxylic acids is 1. The molecule has 2 heterocycles. The van der Waals surface area contributed by atoms with E-state index in [0.717, 1.165) is 24.1 Å². The maximum Gasteiger partial charge on any atom is 0.294 e. The van der Waals surface area contributed by atoms with Gasteiger partial charge in [-0.05, 0) is 30.4 Å². The molecule has 5 nitrogen and oxygen atoms in total. The summed E-state index contributed by atoms with van der Waals surface area (Å²) in [5.41, 5.74) is 1.67. The van der Waals surface area contributed by atoms with Gasteiger partial charge in [-0.3, -0.25) is 9.59 Å². The Morgan fingerprint density at radius 2 is 2.13 bits per heavy atom. The van der Waals surface area contributed by atoms with Crippen molar-refractivity contribution in [3.63, 3.8) is 0 Å². The van der Waals surface area contributed by atoms with Crippen LogP contribution in [-0.2, 0) is 0 Å². The van der Waals surface area contributed by atoms with Crippen molar-refractivity contribution in [2.75, 3.05) is 18.6 Å². The van der Waals surface area contributed by atoms with Crippen molar-refractivity contribution < 1.29 is 13.9 Å². The van der Waals surface area contributed by atoms with E-state index in [0.29, 0.717) is 12.5 Å². The topological polar surface area (TPSA) is 59.8 Å². The highest BCUT2D eigenvalue weighted by Gasteiger charge is 2.26. The molecule has 23 heavy (non-hydrogen) atoms. The molecule has 0 bridgehead atoms. The fourth-order valence-corrected chi connectivity index (χ4v) is 2.99. The molecule has 1 amide bonds. The van der Waals surface area contributed by atoms with E-state index in [-0.39, 0.29) is 22.8 Å². The van der Waals surface area contributed by atoms with E-state index in [1.807, 2.05) is 18.2 Å². The average molecular weight is 313 g/mol. The first kappa shape index (κ1) is 15.3. The normalized spacial score (nSPS) is 17.3. The summed E-state index contributed by atoms with van der Waals surface area (Å²) in [7, 11) is 1.39. The molecule has 0 spiro atoms. The molecule has 1 aromatic carbocycles. The largest absolute Gasteiger partial charge is 0.490 e. The summed E-state index contributed by atoms with van der Waals surface area (Å²) < 4.78 is 10.2. The van der Waals surface area contributed by atoms with E-state index in [9.17, 15) is 9.59 Å². The summed E-state index contributed by atoms with van der Waals surface area (Å²) >= 11 is 0. The maximum atomic E-state index is 12.8. The van der Waals surface area contributed by atoms with Crippen molar-refractivity contribution in [2.45, 2.75) is 25.7 Å². The zero-order chi connectivity index (χ0) is 16.4. The quantitative estimate of drug-likeness (QED) is 0.854.